The molecule has 0 atom stereocenters. The number of nitrogens with one attached hydrogen (secondary N) is 1. The van der Waals surface area contributed by atoms with Crippen LogP contribution in [0.4, 0.5) is 5.95 Å². The Labute approximate surface area is 113 Å². The van der Waals surface area contributed by atoms with Crippen LogP contribution in [0.2, 0.25) is 5.28 Å². The molecule has 18 heavy (non-hydrogen) atoms. The first-order valence-corrected chi connectivity index (χ1v) is 6.79. The summed E-state index contributed by atoms with van der Waals surface area (Å²) in [7, 11) is 0. The van der Waals surface area contributed by atoms with E-state index in [0.29, 0.717) is 12.6 Å². The van der Waals surface area contributed by atoms with Gasteiger partial charge in [0.1, 0.15) is 0 Å². The highest BCUT2D eigenvalue weighted by atomic mass is 35.5. The van der Waals surface area contributed by atoms with E-state index in [1.165, 1.54) is 0 Å². The molecule has 0 saturated carbocycles. The van der Waals surface area contributed by atoms with Crippen molar-refractivity contribution in [2.45, 2.75) is 52.5 Å². The fourth-order valence-electron chi connectivity index (χ4n) is 1.83. The van der Waals surface area contributed by atoms with Crippen molar-refractivity contribution in [2.75, 3.05) is 11.9 Å². The second-order valence-electron chi connectivity index (χ2n) is 4.11. The highest BCUT2D eigenvalue weighted by molar-refractivity contribution is 6.28. The van der Waals surface area contributed by atoms with Crippen LogP contribution in [0.1, 0.15) is 47.0 Å². The standard InChI is InChI=1S/C12H21ClN4O/c1-5-12(6-2,7-3)17-10-14-9(13)15-11(16-10)18-8-4/h5-8H2,1-4H3,(H,14,15,16,17). The third kappa shape index (κ3) is 3.70. The molecule has 0 aliphatic rings. The number of rotatable bonds is 7. The summed E-state index contributed by atoms with van der Waals surface area (Å²) in [5.41, 5.74) is -0.00579. The van der Waals surface area contributed by atoms with Gasteiger partial charge in [-0.25, -0.2) is 0 Å². The van der Waals surface area contributed by atoms with E-state index < -0.39 is 0 Å². The van der Waals surface area contributed by atoms with Crippen LogP contribution in [0.25, 0.3) is 0 Å². The monoisotopic (exact) mass is 272 g/mol. The summed E-state index contributed by atoms with van der Waals surface area (Å²) in [4.78, 5) is 12.2. The van der Waals surface area contributed by atoms with E-state index in [9.17, 15) is 0 Å². The van der Waals surface area contributed by atoms with Crippen molar-refractivity contribution in [3.8, 4) is 6.01 Å². The molecule has 0 aliphatic heterocycles. The Morgan fingerprint density at radius 2 is 1.67 bits per heavy atom. The number of ether oxygens (including phenoxy) is 1. The van der Waals surface area contributed by atoms with E-state index in [4.69, 9.17) is 16.3 Å². The molecule has 0 unspecified atom stereocenters. The van der Waals surface area contributed by atoms with Crippen molar-refractivity contribution < 1.29 is 4.74 Å². The number of hydrogen-bond acceptors (Lipinski definition) is 5. The predicted molar refractivity (Wildman–Crippen MR) is 73.2 cm³/mol. The van der Waals surface area contributed by atoms with Crippen molar-refractivity contribution in [3.05, 3.63) is 5.28 Å². The summed E-state index contributed by atoms with van der Waals surface area (Å²) in [5, 5.41) is 3.50. The zero-order chi connectivity index (χ0) is 13.6. The van der Waals surface area contributed by atoms with Gasteiger partial charge in [0.15, 0.2) is 0 Å². The van der Waals surface area contributed by atoms with Gasteiger partial charge in [-0.15, -0.1) is 0 Å². The first-order valence-electron chi connectivity index (χ1n) is 6.41. The Kier molecular flexibility index (Phi) is 5.59. The van der Waals surface area contributed by atoms with E-state index >= 15 is 0 Å². The summed E-state index contributed by atoms with van der Waals surface area (Å²) in [6.07, 6.45) is 2.98. The maximum atomic E-state index is 5.86. The number of halogens is 1. The highest BCUT2D eigenvalue weighted by Gasteiger charge is 2.25. The first kappa shape index (κ1) is 15.0. The van der Waals surface area contributed by atoms with E-state index in [0.717, 1.165) is 19.3 Å². The number of anilines is 1. The normalized spacial score (nSPS) is 11.4. The topological polar surface area (TPSA) is 59.9 Å². The minimum Gasteiger partial charge on any atom is -0.464 e. The molecule has 0 amide bonds. The molecular formula is C12H21ClN4O. The molecule has 6 heteroatoms. The Morgan fingerprint density at radius 1 is 1.06 bits per heavy atom. The zero-order valence-electron chi connectivity index (χ0n) is 11.5. The maximum Gasteiger partial charge on any atom is 0.322 e. The number of hydrogen-bond donors (Lipinski definition) is 1. The van der Waals surface area contributed by atoms with Crippen molar-refractivity contribution in [1.82, 2.24) is 15.0 Å². The van der Waals surface area contributed by atoms with E-state index in [1.54, 1.807) is 0 Å². The SMILES string of the molecule is CCOc1nc(Cl)nc(NC(CC)(CC)CC)n1. The van der Waals surface area contributed by atoms with Crippen molar-refractivity contribution in [2.24, 2.45) is 0 Å². The van der Waals surface area contributed by atoms with Gasteiger partial charge in [0.05, 0.1) is 6.61 Å². The largest absolute Gasteiger partial charge is 0.464 e. The predicted octanol–water partition coefficient (Wildman–Crippen LogP) is 3.30. The van der Waals surface area contributed by atoms with E-state index in [1.807, 2.05) is 6.92 Å². The molecule has 102 valence electrons. The molecule has 1 N–H and O–H groups in total. The Balaban J connectivity index is 2.95. The van der Waals surface area contributed by atoms with Crippen LogP contribution in [0.5, 0.6) is 6.01 Å². The van der Waals surface area contributed by atoms with Crippen LogP contribution in [0, 0.1) is 0 Å². The Hall–Kier alpha value is -1.10. The van der Waals surface area contributed by atoms with Crippen LogP contribution in [-0.2, 0) is 0 Å². The van der Waals surface area contributed by atoms with Gasteiger partial charge in [0.25, 0.3) is 0 Å². The molecule has 0 aliphatic carbocycles. The lowest BCUT2D eigenvalue weighted by molar-refractivity contribution is 0.311. The van der Waals surface area contributed by atoms with Gasteiger partial charge >= 0.3 is 6.01 Å². The molecule has 0 saturated heterocycles. The van der Waals surface area contributed by atoms with Crippen LogP contribution in [0.3, 0.4) is 0 Å². The minimum atomic E-state index is -0.00579. The quantitative estimate of drug-likeness (QED) is 0.825. The van der Waals surface area contributed by atoms with Gasteiger partial charge in [-0.05, 0) is 37.8 Å². The second-order valence-corrected chi connectivity index (χ2v) is 4.45. The van der Waals surface area contributed by atoms with Crippen LogP contribution >= 0.6 is 11.6 Å². The molecule has 0 aromatic carbocycles. The van der Waals surface area contributed by atoms with E-state index in [-0.39, 0.29) is 16.8 Å². The van der Waals surface area contributed by atoms with Gasteiger partial charge in [-0.1, -0.05) is 20.8 Å². The average Bonchev–Trinajstić information content (AvgIpc) is 2.36. The molecule has 1 aromatic heterocycles. The Morgan fingerprint density at radius 3 is 2.17 bits per heavy atom. The highest BCUT2D eigenvalue weighted by Crippen LogP contribution is 2.24. The van der Waals surface area contributed by atoms with Crippen LogP contribution in [0.15, 0.2) is 0 Å². The average molecular weight is 273 g/mol. The minimum absolute atomic E-state index is 0.00579. The summed E-state index contributed by atoms with van der Waals surface area (Å²) in [6, 6.07) is 0.261. The molecule has 1 rings (SSSR count). The number of nitrogens with zero attached hydrogens (tertiary/aromatic N) is 3. The number of aromatic nitrogens is 3. The third-order valence-electron chi connectivity index (χ3n) is 3.27. The molecule has 0 radical (unpaired) electrons. The van der Waals surface area contributed by atoms with Crippen molar-refractivity contribution in [1.29, 1.82) is 0 Å². The summed E-state index contributed by atoms with van der Waals surface area (Å²) >= 11 is 5.86. The van der Waals surface area contributed by atoms with Crippen LogP contribution in [-0.4, -0.2) is 27.1 Å². The molecule has 0 spiro atoms. The zero-order valence-corrected chi connectivity index (χ0v) is 12.2. The molecule has 5 nitrogen and oxygen atoms in total. The van der Waals surface area contributed by atoms with Gasteiger partial charge in [0, 0.05) is 5.54 Å². The fraction of sp³-hybridized carbons (Fsp3) is 0.750. The van der Waals surface area contributed by atoms with E-state index in [2.05, 4.69) is 41.0 Å². The van der Waals surface area contributed by atoms with Crippen LogP contribution < -0.4 is 10.1 Å². The fourth-order valence-corrected chi connectivity index (χ4v) is 1.99. The van der Waals surface area contributed by atoms with Gasteiger partial charge in [0.2, 0.25) is 11.2 Å². The third-order valence-corrected chi connectivity index (χ3v) is 3.44. The first-order chi connectivity index (χ1) is 8.59. The molecule has 0 fully saturated rings. The summed E-state index contributed by atoms with van der Waals surface area (Å²) in [6.45, 7) is 8.81. The molecule has 0 bridgehead atoms. The molecule has 1 heterocycles. The molecular weight excluding hydrogens is 252 g/mol. The van der Waals surface area contributed by atoms with Gasteiger partial charge in [-0.3, -0.25) is 0 Å². The summed E-state index contributed by atoms with van der Waals surface area (Å²) < 4.78 is 5.26. The van der Waals surface area contributed by atoms with Crippen molar-refractivity contribution >= 4 is 17.5 Å². The van der Waals surface area contributed by atoms with Gasteiger partial charge < -0.3 is 10.1 Å². The Bertz CT molecular complexity index is 374. The summed E-state index contributed by atoms with van der Waals surface area (Å²) in [5.74, 6) is 0.476. The molecule has 1 aromatic rings. The lowest BCUT2D eigenvalue weighted by Crippen LogP contribution is -2.37. The second kappa shape index (κ2) is 6.73. The van der Waals surface area contributed by atoms with Crippen molar-refractivity contribution in [3.63, 3.8) is 0 Å². The van der Waals surface area contributed by atoms with Gasteiger partial charge in [-0.2, -0.15) is 15.0 Å². The maximum absolute atomic E-state index is 5.86. The lowest BCUT2D eigenvalue weighted by atomic mass is 9.90. The lowest BCUT2D eigenvalue weighted by Gasteiger charge is -2.31. The smallest absolute Gasteiger partial charge is 0.322 e.